The molecule has 0 saturated carbocycles. The Labute approximate surface area is 183 Å². The number of thiazole rings is 1. The van der Waals surface area contributed by atoms with Crippen LogP contribution in [0.25, 0.3) is 20.3 Å². The standard InChI is InChI=1S/C22H22ClN3OS2/c1-4-14-9-10-16-18(13-14)29-22(24-16)26(12-11-25(2)3)21(27)20-19(23)15-7-5-6-8-17(15)28-20/h5-10,13H,4,11-12H2,1-3H3. The first-order valence-electron chi connectivity index (χ1n) is 9.51. The van der Waals surface area contributed by atoms with E-state index in [0.29, 0.717) is 21.6 Å². The number of amides is 1. The number of thiophene rings is 1. The Morgan fingerprint density at radius 3 is 2.59 bits per heavy atom. The Morgan fingerprint density at radius 1 is 1.07 bits per heavy atom. The number of carbonyl (C=O) groups is 1. The highest BCUT2D eigenvalue weighted by atomic mass is 35.5. The zero-order valence-corrected chi connectivity index (χ0v) is 19.0. The van der Waals surface area contributed by atoms with Gasteiger partial charge in [-0.05, 0) is 44.3 Å². The lowest BCUT2D eigenvalue weighted by Crippen LogP contribution is -2.36. The van der Waals surface area contributed by atoms with Crippen molar-refractivity contribution in [2.45, 2.75) is 13.3 Å². The van der Waals surface area contributed by atoms with E-state index in [9.17, 15) is 4.79 Å². The molecule has 2 heterocycles. The van der Waals surface area contributed by atoms with Crippen molar-refractivity contribution in [3.63, 3.8) is 0 Å². The fourth-order valence-corrected chi connectivity index (χ4v) is 5.67. The number of halogens is 1. The van der Waals surface area contributed by atoms with E-state index < -0.39 is 0 Å². The summed E-state index contributed by atoms with van der Waals surface area (Å²) in [5.74, 6) is -0.0900. The summed E-state index contributed by atoms with van der Waals surface area (Å²) in [5.41, 5.74) is 2.19. The summed E-state index contributed by atoms with van der Waals surface area (Å²) in [5, 5.41) is 2.17. The highest BCUT2D eigenvalue weighted by Crippen LogP contribution is 2.38. The monoisotopic (exact) mass is 443 g/mol. The number of anilines is 1. The first-order valence-corrected chi connectivity index (χ1v) is 11.5. The molecule has 0 N–H and O–H groups in total. The van der Waals surface area contributed by atoms with Gasteiger partial charge in [-0.25, -0.2) is 4.98 Å². The van der Waals surface area contributed by atoms with E-state index in [2.05, 4.69) is 24.0 Å². The van der Waals surface area contributed by atoms with Crippen LogP contribution >= 0.6 is 34.3 Å². The number of aromatic nitrogens is 1. The third kappa shape index (κ3) is 4.03. The number of carbonyl (C=O) groups excluding carboxylic acids is 1. The minimum Gasteiger partial charge on any atom is -0.308 e. The summed E-state index contributed by atoms with van der Waals surface area (Å²) in [7, 11) is 4.00. The summed E-state index contributed by atoms with van der Waals surface area (Å²) in [4.78, 5) is 22.7. The minimum atomic E-state index is -0.0900. The molecule has 0 aliphatic rings. The number of hydrogen-bond acceptors (Lipinski definition) is 5. The second-order valence-corrected chi connectivity index (χ2v) is 9.59. The first kappa shape index (κ1) is 20.3. The van der Waals surface area contributed by atoms with E-state index in [0.717, 1.165) is 33.3 Å². The van der Waals surface area contributed by atoms with Crippen LogP contribution in [0.2, 0.25) is 5.02 Å². The summed E-state index contributed by atoms with van der Waals surface area (Å²) in [6.45, 7) is 3.43. The third-order valence-corrected chi connectivity index (χ3v) is 7.53. The van der Waals surface area contributed by atoms with Crippen molar-refractivity contribution in [2.24, 2.45) is 0 Å². The van der Waals surface area contributed by atoms with Crippen molar-refractivity contribution in [3.05, 3.63) is 57.9 Å². The van der Waals surface area contributed by atoms with Crippen LogP contribution in [0.4, 0.5) is 5.13 Å². The first-order chi connectivity index (χ1) is 14.0. The number of hydrogen-bond donors (Lipinski definition) is 0. The fourth-order valence-electron chi connectivity index (χ4n) is 3.15. The van der Waals surface area contributed by atoms with Gasteiger partial charge in [0.2, 0.25) is 0 Å². The van der Waals surface area contributed by atoms with Crippen LogP contribution in [0.3, 0.4) is 0 Å². The van der Waals surface area contributed by atoms with Gasteiger partial charge in [-0.2, -0.15) is 0 Å². The van der Waals surface area contributed by atoms with E-state index in [1.807, 2.05) is 44.4 Å². The summed E-state index contributed by atoms with van der Waals surface area (Å²) < 4.78 is 2.12. The molecule has 0 unspecified atom stereocenters. The van der Waals surface area contributed by atoms with E-state index in [-0.39, 0.29) is 5.91 Å². The molecule has 0 saturated heterocycles. The van der Waals surface area contributed by atoms with Crippen LogP contribution in [-0.2, 0) is 6.42 Å². The maximum absolute atomic E-state index is 13.5. The van der Waals surface area contributed by atoms with Crippen LogP contribution in [0.15, 0.2) is 42.5 Å². The van der Waals surface area contributed by atoms with Crippen molar-refractivity contribution in [3.8, 4) is 0 Å². The second-order valence-electron chi connectivity index (χ2n) is 7.15. The maximum Gasteiger partial charge on any atom is 0.271 e. The SMILES string of the molecule is CCc1ccc2nc(N(CCN(C)C)C(=O)c3sc4ccccc4c3Cl)sc2c1. The van der Waals surface area contributed by atoms with Crippen molar-refractivity contribution in [1.29, 1.82) is 0 Å². The molecule has 2 aromatic heterocycles. The van der Waals surface area contributed by atoms with Crippen molar-refractivity contribution >= 4 is 65.6 Å². The topological polar surface area (TPSA) is 36.4 Å². The van der Waals surface area contributed by atoms with E-state index in [4.69, 9.17) is 16.6 Å². The van der Waals surface area contributed by atoms with Gasteiger partial charge in [0.15, 0.2) is 5.13 Å². The Hall–Kier alpha value is -1.99. The molecule has 0 radical (unpaired) electrons. The predicted octanol–water partition coefficient (Wildman–Crippen LogP) is 5.94. The average Bonchev–Trinajstić information content (AvgIpc) is 3.28. The molecule has 4 rings (SSSR count). The van der Waals surface area contributed by atoms with Crippen LogP contribution in [0, 0.1) is 0 Å². The van der Waals surface area contributed by atoms with E-state index in [1.165, 1.54) is 16.9 Å². The van der Waals surface area contributed by atoms with Crippen LogP contribution in [0.5, 0.6) is 0 Å². The quantitative estimate of drug-likeness (QED) is 0.370. The van der Waals surface area contributed by atoms with Gasteiger partial charge < -0.3 is 4.90 Å². The van der Waals surface area contributed by atoms with Gasteiger partial charge in [-0.3, -0.25) is 9.69 Å². The molecule has 2 aromatic carbocycles. The summed E-state index contributed by atoms with van der Waals surface area (Å²) in [6.07, 6.45) is 0.976. The van der Waals surface area contributed by atoms with Gasteiger partial charge in [0.1, 0.15) is 4.88 Å². The number of aryl methyl sites for hydroxylation is 1. The van der Waals surface area contributed by atoms with Crippen molar-refractivity contribution in [1.82, 2.24) is 9.88 Å². The molecule has 7 heteroatoms. The molecule has 0 aliphatic carbocycles. The van der Waals surface area contributed by atoms with Crippen LogP contribution in [-0.4, -0.2) is 43.0 Å². The molecule has 4 nitrogen and oxygen atoms in total. The molecule has 0 atom stereocenters. The van der Waals surface area contributed by atoms with Crippen molar-refractivity contribution < 1.29 is 4.79 Å². The molecular weight excluding hydrogens is 422 g/mol. The molecular formula is C22H22ClN3OS2. The van der Waals surface area contributed by atoms with Gasteiger partial charge in [-0.1, -0.05) is 54.1 Å². The molecule has 29 heavy (non-hydrogen) atoms. The van der Waals surface area contributed by atoms with Crippen LogP contribution in [0.1, 0.15) is 22.2 Å². The lowest BCUT2D eigenvalue weighted by molar-refractivity contribution is 0.0989. The zero-order chi connectivity index (χ0) is 20.5. The molecule has 150 valence electrons. The predicted molar refractivity (Wildman–Crippen MR) is 126 cm³/mol. The second kappa shape index (κ2) is 8.40. The number of rotatable bonds is 6. The molecule has 0 spiro atoms. The van der Waals surface area contributed by atoms with Gasteiger partial charge in [0.25, 0.3) is 5.91 Å². The zero-order valence-electron chi connectivity index (χ0n) is 16.6. The number of likely N-dealkylation sites (N-methyl/N-ethyl adjacent to an activating group) is 1. The highest BCUT2D eigenvalue weighted by Gasteiger charge is 2.26. The number of fused-ring (bicyclic) bond motifs is 2. The Morgan fingerprint density at radius 2 is 1.86 bits per heavy atom. The molecule has 0 fully saturated rings. The van der Waals surface area contributed by atoms with Gasteiger partial charge in [0, 0.05) is 23.2 Å². The maximum atomic E-state index is 13.5. The van der Waals surface area contributed by atoms with E-state index in [1.54, 1.807) is 16.2 Å². The molecule has 0 aliphatic heterocycles. The normalized spacial score (nSPS) is 11.6. The molecule has 4 aromatic rings. The van der Waals surface area contributed by atoms with Gasteiger partial charge in [-0.15, -0.1) is 11.3 Å². The lowest BCUT2D eigenvalue weighted by atomic mass is 10.2. The smallest absolute Gasteiger partial charge is 0.271 e. The van der Waals surface area contributed by atoms with Crippen LogP contribution < -0.4 is 4.90 Å². The average molecular weight is 444 g/mol. The summed E-state index contributed by atoms with van der Waals surface area (Å²) in [6, 6.07) is 14.2. The fraction of sp³-hybridized carbons (Fsp3) is 0.273. The molecule has 1 amide bonds. The third-order valence-electron chi connectivity index (χ3n) is 4.83. The Balaban J connectivity index is 1.76. The van der Waals surface area contributed by atoms with Gasteiger partial charge in [0.05, 0.1) is 15.2 Å². The van der Waals surface area contributed by atoms with E-state index >= 15 is 0 Å². The number of nitrogens with zero attached hydrogens (tertiary/aromatic N) is 3. The highest BCUT2D eigenvalue weighted by molar-refractivity contribution is 7.23. The van der Waals surface area contributed by atoms with Gasteiger partial charge >= 0.3 is 0 Å². The minimum absolute atomic E-state index is 0.0900. The summed E-state index contributed by atoms with van der Waals surface area (Å²) >= 11 is 9.60. The lowest BCUT2D eigenvalue weighted by Gasteiger charge is -2.21. The largest absolute Gasteiger partial charge is 0.308 e. The molecule has 0 bridgehead atoms. The van der Waals surface area contributed by atoms with Crippen molar-refractivity contribution in [2.75, 3.05) is 32.1 Å². The Kier molecular flexibility index (Phi) is 5.88. The number of benzene rings is 2. The Bertz CT molecular complexity index is 1180.